The second-order valence-electron chi connectivity index (χ2n) is 8.44. The number of carboxylic acid groups (broad SMARTS) is 2. The Bertz CT molecular complexity index is 1320. The minimum Gasteiger partial charge on any atom is -0.481 e. The van der Waals surface area contributed by atoms with Crippen LogP contribution in [0.2, 0.25) is 0 Å². The fourth-order valence-corrected chi connectivity index (χ4v) is 7.14. The molecule has 12 nitrogen and oxygen atoms in total. The van der Waals surface area contributed by atoms with Gasteiger partial charge in [-0.2, -0.15) is 0 Å². The number of carbonyl (C=O) groups excluding carboxylic acids is 3. The van der Waals surface area contributed by atoms with Crippen LogP contribution in [0.4, 0.5) is 0 Å². The number of hydrogen-bond acceptors (Lipinski definition) is 10. The number of nitrogens with zero attached hydrogens (tertiary/aromatic N) is 3. The Morgan fingerprint density at radius 2 is 1.87 bits per heavy atom. The van der Waals surface area contributed by atoms with Crippen molar-refractivity contribution in [3.05, 3.63) is 52.2 Å². The number of fused-ring (bicyclic) bond motifs is 1. The van der Waals surface area contributed by atoms with Crippen molar-refractivity contribution in [2.24, 2.45) is 5.92 Å². The highest BCUT2D eigenvalue weighted by atomic mass is 32.2. The van der Waals surface area contributed by atoms with E-state index in [2.05, 4.69) is 20.8 Å². The van der Waals surface area contributed by atoms with E-state index >= 15 is 0 Å². The number of thioether (sulfide) groups is 2. The van der Waals surface area contributed by atoms with Crippen molar-refractivity contribution in [3.8, 4) is 0 Å². The van der Waals surface area contributed by atoms with Crippen molar-refractivity contribution < 1.29 is 34.2 Å². The number of amides is 3. The van der Waals surface area contributed by atoms with Gasteiger partial charge in [0.2, 0.25) is 11.8 Å². The number of benzene rings is 1. The van der Waals surface area contributed by atoms with Crippen LogP contribution in [-0.2, 0) is 24.0 Å². The van der Waals surface area contributed by atoms with Gasteiger partial charge in [0.15, 0.2) is 4.34 Å². The molecule has 0 radical (unpaired) electrons. The van der Waals surface area contributed by atoms with Crippen LogP contribution in [0.25, 0.3) is 0 Å². The highest BCUT2D eigenvalue weighted by molar-refractivity contribution is 8.01. The molecule has 3 unspecified atom stereocenters. The first-order chi connectivity index (χ1) is 18.1. The Balaban J connectivity index is 1.49. The van der Waals surface area contributed by atoms with Crippen LogP contribution >= 0.6 is 34.9 Å². The average molecular weight is 578 g/mol. The van der Waals surface area contributed by atoms with Gasteiger partial charge < -0.3 is 20.8 Å². The van der Waals surface area contributed by atoms with Crippen molar-refractivity contribution in [1.29, 1.82) is 0 Å². The summed E-state index contributed by atoms with van der Waals surface area (Å²) in [4.78, 5) is 63.2. The van der Waals surface area contributed by atoms with Gasteiger partial charge in [-0.3, -0.25) is 24.1 Å². The third-order valence-corrected chi connectivity index (χ3v) is 9.27. The van der Waals surface area contributed by atoms with Gasteiger partial charge in [0.25, 0.3) is 5.91 Å². The van der Waals surface area contributed by atoms with Crippen molar-refractivity contribution in [3.63, 3.8) is 0 Å². The predicted octanol–water partition coefficient (Wildman–Crippen LogP) is 1.26. The second-order valence-corrected chi connectivity index (χ2v) is 12.0. The number of carbonyl (C=O) groups is 5. The second kappa shape index (κ2) is 11.5. The maximum atomic E-state index is 13.2. The number of carboxylic acids is 2. The zero-order valence-corrected chi connectivity index (χ0v) is 22.6. The van der Waals surface area contributed by atoms with E-state index in [1.807, 2.05) is 6.92 Å². The number of aliphatic carboxylic acids is 2. The van der Waals surface area contributed by atoms with Gasteiger partial charge in [0.1, 0.15) is 34.1 Å². The molecule has 1 saturated heterocycles. The molecule has 1 fully saturated rings. The Morgan fingerprint density at radius 3 is 2.47 bits per heavy atom. The van der Waals surface area contributed by atoms with E-state index in [1.165, 1.54) is 46.7 Å². The predicted molar refractivity (Wildman–Crippen MR) is 139 cm³/mol. The molecule has 3 amide bonds. The zero-order valence-electron chi connectivity index (χ0n) is 20.1. The zero-order chi connectivity index (χ0) is 27.6. The fraction of sp³-hybridized carbons (Fsp3) is 0.348. The van der Waals surface area contributed by atoms with Gasteiger partial charge >= 0.3 is 11.9 Å². The maximum Gasteiger partial charge on any atom is 0.352 e. The largest absolute Gasteiger partial charge is 0.481 e. The standard InChI is InChI=1S/C23H23N5O7S3/c1-10(21(32)33)17(29)24-14(12-6-4-3-5-7-12)18(30)25-15-19(31)28-16(22(34)35)13(8-36-20(15)28)9-37-23-27-26-11(2)38-23/h3-7,10,14-15,20H,8-9H2,1-2H3,(H,24,29)(H,25,30)(H,32,33)(H,34,35)/t10?,14?,15?,20-/m0/s1. The molecule has 4 atom stereocenters. The maximum absolute atomic E-state index is 13.2. The van der Waals surface area contributed by atoms with Crippen LogP contribution in [0.3, 0.4) is 0 Å². The van der Waals surface area contributed by atoms with Crippen LogP contribution < -0.4 is 10.6 Å². The topological polar surface area (TPSA) is 179 Å². The number of rotatable bonds is 10. The molecular weight excluding hydrogens is 554 g/mol. The number of aromatic nitrogens is 2. The van der Waals surface area contributed by atoms with E-state index in [0.29, 0.717) is 27.0 Å². The number of β-lactam (4-membered cyclic amide) rings is 1. The Kier molecular flexibility index (Phi) is 8.38. The monoisotopic (exact) mass is 577 g/mol. The lowest BCUT2D eigenvalue weighted by atomic mass is 10.0. The van der Waals surface area contributed by atoms with Crippen LogP contribution in [-0.4, -0.2) is 77.9 Å². The Hall–Kier alpha value is -3.43. The summed E-state index contributed by atoms with van der Waals surface area (Å²) in [5.41, 5.74) is 0.848. The Morgan fingerprint density at radius 1 is 1.16 bits per heavy atom. The molecule has 15 heteroatoms. The molecule has 3 heterocycles. The molecule has 0 spiro atoms. The summed E-state index contributed by atoms with van der Waals surface area (Å²) in [7, 11) is 0. The first-order valence-electron chi connectivity index (χ1n) is 11.3. The normalized spacial score (nSPS) is 20.2. The molecule has 0 aliphatic carbocycles. The summed E-state index contributed by atoms with van der Waals surface area (Å²) < 4.78 is 0.693. The summed E-state index contributed by atoms with van der Waals surface area (Å²) in [5.74, 6) is -5.49. The van der Waals surface area contributed by atoms with Crippen molar-refractivity contribution in [2.75, 3.05) is 11.5 Å². The fourth-order valence-electron chi connectivity index (χ4n) is 3.84. The summed E-state index contributed by atoms with van der Waals surface area (Å²) in [6.45, 7) is 3.02. The van der Waals surface area contributed by atoms with Crippen LogP contribution in [0.1, 0.15) is 23.5 Å². The number of nitrogens with one attached hydrogen (secondary N) is 2. The molecule has 2 aliphatic rings. The number of hydrogen-bond donors (Lipinski definition) is 4. The molecule has 4 rings (SSSR count). The lowest BCUT2D eigenvalue weighted by molar-refractivity contribution is -0.151. The summed E-state index contributed by atoms with van der Waals surface area (Å²) >= 11 is 4.06. The van der Waals surface area contributed by atoms with Gasteiger partial charge in [0.05, 0.1) is 0 Å². The van der Waals surface area contributed by atoms with Crippen molar-refractivity contribution in [2.45, 2.75) is 35.6 Å². The van der Waals surface area contributed by atoms with E-state index < -0.39 is 53.0 Å². The molecular formula is C23H23N5O7S3. The quantitative estimate of drug-likeness (QED) is 0.181. The van der Waals surface area contributed by atoms with Crippen LogP contribution in [0, 0.1) is 12.8 Å². The average Bonchev–Trinajstić information content (AvgIpc) is 3.32. The van der Waals surface area contributed by atoms with Crippen LogP contribution in [0.5, 0.6) is 0 Å². The molecule has 1 aromatic carbocycles. The molecule has 38 heavy (non-hydrogen) atoms. The van der Waals surface area contributed by atoms with E-state index in [9.17, 15) is 29.1 Å². The molecule has 200 valence electrons. The highest BCUT2D eigenvalue weighted by Gasteiger charge is 2.54. The summed E-state index contributed by atoms with van der Waals surface area (Å²) in [6.07, 6.45) is 0. The lowest BCUT2D eigenvalue weighted by Gasteiger charge is -2.49. The molecule has 0 saturated carbocycles. The van der Waals surface area contributed by atoms with Crippen LogP contribution in [0.15, 0.2) is 45.9 Å². The first-order valence-corrected chi connectivity index (χ1v) is 14.1. The van der Waals surface area contributed by atoms with Gasteiger partial charge in [0, 0.05) is 11.5 Å². The molecule has 2 aliphatic heterocycles. The van der Waals surface area contributed by atoms with Gasteiger partial charge in [-0.1, -0.05) is 53.4 Å². The molecule has 1 aromatic heterocycles. The molecule has 4 N–H and O–H groups in total. The first kappa shape index (κ1) is 27.6. The van der Waals surface area contributed by atoms with E-state index in [0.717, 1.165) is 5.01 Å². The van der Waals surface area contributed by atoms with E-state index in [1.54, 1.807) is 30.3 Å². The lowest BCUT2D eigenvalue weighted by Crippen LogP contribution is -2.71. The van der Waals surface area contributed by atoms with Gasteiger partial charge in [-0.15, -0.1) is 22.0 Å². The smallest absolute Gasteiger partial charge is 0.352 e. The Labute approximate surface area is 229 Å². The molecule has 0 bridgehead atoms. The van der Waals surface area contributed by atoms with E-state index in [-0.39, 0.29) is 5.70 Å². The number of aryl methyl sites for hydroxylation is 1. The summed E-state index contributed by atoms with van der Waals surface area (Å²) in [5, 5.41) is 32.2. The SMILES string of the molecule is Cc1nnc(SCC2=C(C(=O)O)N3C(=O)C(NC(=O)C(NC(=O)C(C)C(=O)O)c4ccccc4)[C@@H]3SC2)s1. The van der Waals surface area contributed by atoms with Crippen molar-refractivity contribution >= 4 is 64.5 Å². The summed E-state index contributed by atoms with van der Waals surface area (Å²) in [6, 6.07) is 5.95. The van der Waals surface area contributed by atoms with Crippen molar-refractivity contribution in [1.82, 2.24) is 25.7 Å². The third-order valence-electron chi connectivity index (χ3n) is 5.87. The minimum atomic E-state index is -1.40. The van der Waals surface area contributed by atoms with Gasteiger partial charge in [-0.05, 0) is 25.0 Å². The highest BCUT2D eigenvalue weighted by Crippen LogP contribution is 2.42. The molecule has 2 aromatic rings. The van der Waals surface area contributed by atoms with E-state index in [4.69, 9.17) is 5.11 Å². The minimum absolute atomic E-state index is 0.110. The third kappa shape index (κ3) is 5.68. The van der Waals surface area contributed by atoms with Gasteiger partial charge in [-0.25, -0.2) is 4.79 Å².